The van der Waals surface area contributed by atoms with Crippen LogP contribution in [0.15, 0.2) is 77.8 Å². The molecule has 12 heteroatoms. The van der Waals surface area contributed by atoms with Crippen LogP contribution in [0.3, 0.4) is 0 Å². The molecule has 49 heavy (non-hydrogen) atoms. The number of hydrogen-bond donors (Lipinski definition) is 5. The maximum Gasteiger partial charge on any atom is 0.243 e. The Hall–Kier alpha value is -3.52. The molecule has 0 radical (unpaired) electrons. The molecule has 4 rings (SSSR count). The monoisotopic (exact) mass is 707 g/mol. The van der Waals surface area contributed by atoms with Crippen molar-refractivity contribution in [2.24, 2.45) is 5.92 Å². The zero-order valence-corrected chi connectivity index (χ0v) is 30.3. The van der Waals surface area contributed by atoms with Crippen LogP contribution in [0.2, 0.25) is 0 Å². The number of ether oxygens (including phenoxy) is 1. The SMILES string of the molecule is CC(C)c1nc(CCC(=O)N[C@H](C(=O)N[C@@H](Cc2ccccc2)C[C@H](O)[C@H](Cc2ccccc2)NC(O)OCc2cncs2)C(C)C)cs1. The number of aromatic nitrogens is 2. The van der Waals surface area contributed by atoms with Crippen LogP contribution in [0.1, 0.15) is 73.2 Å². The van der Waals surface area contributed by atoms with Crippen LogP contribution < -0.4 is 16.0 Å². The normalized spacial score (nSPS) is 14.7. The molecule has 0 aliphatic rings. The van der Waals surface area contributed by atoms with E-state index in [0.717, 1.165) is 26.7 Å². The molecule has 2 aromatic heterocycles. The lowest BCUT2D eigenvalue weighted by Crippen LogP contribution is -2.54. The Kier molecular flexibility index (Phi) is 15.3. The number of nitrogens with zero attached hydrogens (tertiary/aromatic N) is 2. The van der Waals surface area contributed by atoms with Crippen LogP contribution in [0.4, 0.5) is 0 Å². The van der Waals surface area contributed by atoms with E-state index in [1.807, 2.05) is 79.9 Å². The van der Waals surface area contributed by atoms with Gasteiger partial charge in [0.1, 0.15) is 6.04 Å². The summed E-state index contributed by atoms with van der Waals surface area (Å²) >= 11 is 3.02. The Balaban J connectivity index is 1.44. The van der Waals surface area contributed by atoms with Crippen LogP contribution in [0.5, 0.6) is 0 Å². The molecule has 1 unspecified atom stereocenters. The van der Waals surface area contributed by atoms with Gasteiger partial charge in [0, 0.05) is 36.0 Å². The summed E-state index contributed by atoms with van der Waals surface area (Å²) in [6.45, 7) is 8.15. The van der Waals surface area contributed by atoms with Crippen molar-refractivity contribution in [3.63, 3.8) is 0 Å². The van der Waals surface area contributed by atoms with Gasteiger partial charge < -0.3 is 25.6 Å². The van der Waals surface area contributed by atoms with E-state index >= 15 is 0 Å². The highest BCUT2D eigenvalue weighted by molar-refractivity contribution is 7.09. The lowest BCUT2D eigenvalue weighted by Gasteiger charge is -2.31. The average Bonchev–Trinajstić information content (AvgIpc) is 3.79. The highest BCUT2D eigenvalue weighted by Crippen LogP contribution is 2.20. The summed E-state index contributed by atoms with van der Waals surface area (Å²) in [5.74, 6) is -0.364. The standard InChI is InChI=1S/C37H49N5O5S2/c1-24(2)34(42-33(44)16-15-28-22-48-36(40-28)25(3)4)35(45)39-29(17-26-11-7-5-8-12-26)19-32(43)31(18-27-13-9-6-10-14-27)41-37(46)47-21-30-20-38-23-49-30/h5-14,20,22-25,29,31-32,34,37,41,43,46H,15-19,21H2,1-4H3,(H,39,45)(H,42,44)/t29-,31-,32-,34-,37?/m0/s1. The number of thiazole rings is 2. The van der Waals surface area contributed by atoms with Gasteiger partial charge in [-0.25, -0.2) is 4.98 Å². The minimum Gasteiger partial charge on any atom is -0.391 e. The first-order valence-electron chi connectivity index (χ1n) is 16.8. The average molecular weight is 708 g/mol. The molecular formula is C37H49N5O5S2. The van der Waals surface area contributed by atoms with E-state index in [9.17, 15) is 19.8 Å². The number of carbonyl (C=O) groups excluding carboxylic acids is 2. The maximum atomic E-state index is 13.8. The number of benzene rings is 2. The molecule has 0 saturated heterocycles. The van der Waals surface area contributed by atoms with Gasteiger partial charge in [-0.1, -0.05) is 88.4 Å². The first kappa shape index (κ1) is 38.3. The zero-order valence-electron chi connectivity index (χ0n) is 28.6. The molecule has 0 bridgehead atoms. The lowest BCUT2D eigenvalue weighted by atomic mass is 9.93. The van der Waals surface area contributed by atoms with Crippen molar-refractivity contribution in [2.45, 2.75) is 103 Å². The summed E-state index contributed by atoms with van der Waals surface area (Å²) in [6, 6.07) is 17.6. The van der Waals surface area contributed by atoms with Gasteiger partial charge in [0.15, 0.2) is 0 Å². The quantitative estimate of drug-likeness (QED) is 0.0811. The van der Waals surface area contributed by atoms with Crippen LogP contribution >= 0.6 is 22.7 Å². The van der Waals surface area contributed by atoms with Gasteiger partial charge in [-0.05, 0) is 42.7 Å². The second-order valence-electron chi connectivity index (χ2n) is 12.9. The Morgan fingerprint density at radius 3 is 2.16 bits per heavy atom. The van der Waals surface area contributed by atoms with Gasteiger partial charge in [-0.2, -0.15) is 0 Å². The third-order valence-corrected chi connectivity index (χ3v) is 10.1. The summed E-state index contributed by atoms with van der Waals surface area (Å²) < 4.78 is 5.61. The molecule has 4 aromatic rings. The molecule has 0 spiro atoms. The maximum absolute atomic E-state index is 13.8. The van der Waals surface area contributed by atoms with Gasteiger partial charge in [-0.15, -0.1) is 22.7 Å². The number of amides is 2. The van der Waals surface area contributed by atoms with Crippen LogP contribution in [-0.4, -0.2) is 62.6 Å². The predicted octanol–water partition coefficient (Wildman–Crippen LogP) is 4.97. The summed E-state index contributed by atoms with van der Waals surface area (Å²) in [5, 5.41) is 34.6. The second-order valence-corrected chi connectivity index (χ2v) is 14.8. The zero-order chi connectivity index (χ0) is 35.2. The number of carbonyl (C=O) groups is 2. The number of nitrogens with one attached hydrogen (secondary N) is 3. The van der Waals surface area contributed by atoms with E-state index < -0.39 is 30.6 Å². The van der Waals surface area contributed by atoms with E-state index in [-0.39, 0.29) is 37.2 Å². The molecule has 2 heterocycles. The van der Waals surface area contributed by atoms with Crippen molar-refractivity contribution in [3.05, 3.63) is 104 Å². The third kappa shape index (κ3) is 13.0. The Morgan fingerprint density at radius 2 is 1.57 bits per heavy atom. The van der Waals surface area contributed by atoms with E-state index in [0.29, 0.717) is 25.2 Å². The second kappa shape index (κ2) is 19.6. The molecule has 0 aliphatic carbocycles. The van der Waals surface area contributed by atoms with Crippen molar-refractivity contribution in [1.82, 2.24) is 25.9 Å². The van der Waals surface area contributed by atoms with Crippen molar-refractivity contribution < 1.29 is 24.5 Å². The first-order chi connectivity index (χ1) is 23.6. The minimum atomic E-state index is -1.34. The highest BCUT2D eigenvalue weighted by atomic mass is 32.1. The Labute approximate surface area is 297 Å². The number of aryl methyl sites for hydroxylation is 1. The smallest absolute Gasteiger partial charge is 0.243 e. The largest absolute Gasteiger partial charge is 0.391 e. The molecule has 0 saturated carbocycles. The van der Waals surface area contributed by atoms with Crippen molar-refractivity contribution in [1.29, 1.82) is 0 Å². The number of rotatable bonds is 20. The number of aliphatic hydroxyl groups excluding tert-OH is 2. The first-order valence-corrected chi connectivity index (χ1v) is 18.6. The van der Waals surface area contributed by atoms with Crippen molar-refractivity contribution in [3.8, 4) is 0 Å². The summed E-state index contributed by atoms with van der Waals surface area (Å²) in [5.41, 5.74) is 4.54. The molecular weight excluding hydrogens is 659 g/mol. The van der Waals surface area contributed by atoms with Crippen molar-refractivity contribution in [2.75, 3.05) is 0 Å². The van der Waals surface area contributed by atoms with Gasteiger partial charge in [0.2, 0.25) is 18.2 Å². The highest BCUT2D eigenvalue weighted by Gasteiger charge is 2.30. The van der Waals surface area contributed by atoms with E-state index in [1.165, 1.54) is 11.3 Å². The van der Waals surface area contributed by atoms with E-state index in [1.54, 1.807) is 23.0 Å². The van der Waals surface area contributed by atoms with E-state index in [4.69, 9.17) is 4.74 Å². The van der Waals surface area contributed by atoms with E-state index in [2.05, 4.69) is 39.8 Å². The molecule has 10 nitrogen and oxygen atoms in total. The molecule has 2 amide bonds. The van der Waals surface area contributed by atoms with Gasteiger partial charge in [-0.3, -0.25) is 19.9 Å². The van der Waals surface area contributed by atoms with Crippen molar-refractivity contribution >= 4 is 34.5 Å². The fraction of sp³-hybridized carbons (Fsp3) is 0.459. The van der Waals surface area contributed by atoms with Gasteiger partial charge in [0.25, 0.3) is 0 Å². The summed E-state index contributed by atoms with van der Waals surface area (Å²) in [6.07, 6.45) is 1.16. The Bertz CT molecular complexity index is 1540. The van der Waals surface area contributed by atoms with Crippen LogP contribution in [0, 0.1) is 5.92 Å². The van der Waals surface area contributed by atoms with Crippen LogP contribution in [-0.2, 0) is 40.2 Å². The molecule has 0 aliphatic heterocycles. The summed E-state index contributed by atoms with van der Waals surface area (Å²) in [4.78, 5) is 36.3. The number of aliphatic hydroxyl groups is 2. The lowest BCUT2D eigenvalue weighted by molar-refractivity contribution is -0.140. The molecule has 0 fully saturated rings. The Morgan fingerprint density at radius 1 is 0.898 bits per heavy atom. The molecule has 5 atom stereocenters. The minimum absolute atomic E-state index is 0.170. The molecule has 2 aromatic carbocycles. The molecule has 264 valence electrons. The topological polar surface area (TPSA) is 146 Å². The fourth-order valence-electron chi connectivity index (χ4n) is 5.44. The van der Waals surface area contributed by atoms with Gasteiger partial charge >= 0.3 is 0 Å². The molecule has 5 N–H and O–H groups in total. The van der Waals surface area contributed by atoms with Gasteiger partial charge in [0.05, 0.1) is 33.8 Å². The third-order valence-electron chi connectivity index (χ3n) is 8.12. The number of hydrogen-bond acceptors (Lipinski definition) is 10. The summed E-state index contributed by atoms with van der Waals surface area (Å²) in [7, 11) is 0. The fourth-order valence-corrected chi connectivity index (χ4v) is 6.83. The predicted molar refractivity (Wildman–Crippen MR) is 194 cm³/mol. The van der Waals surface area contributed by atoms with Crippen LogP contribution in [0.25, 0.3) is 0 Å².